The van der Waals surface area contributed by atoms with Crippen LogP contribution in [0.15, 0.2) is 24.3 Å². The van der Waals surface area contributed by atoms with E-state index >= 15 is 0 Å². The molecular weight excluding hydrogens is 285 g/mol. The van der Waals surface area contributed by atoms with E-state index in [1.165, 1.54) is 12.1 Å². The van der Waals surface area contributed by atoms with Crippen molar-refractivity contribution in [2.75, 3.05) is 19.8 Å². The average Bonchev–Trinajstić information content (AvgIpc) is 3.25. The third-order valence-electron chi connectivity index (χ3n) is 3.68. The van der Waals surface area contributed by atoms with Crippen molar-refractivity contribution in [3.05, 3.63) is 35.6 Å². The molecule has 2 rings (SSSR count). The van der Waals surface area contributed by atoms with Gasteiger partial charge in [0.2, 0.25) is 5.91 Å². The second kappa shape index (κ2) is 7.70. The molecule has 1 aliphatic carbocycles. The number of hydrogen-bond acceptors (Lipinski definition) is 3. The van der Waals surface area contributed by atoms with E-state index in [0.717, 1.165) is 12.0 Å². The fourth-order valence-corrected chi connectivity index (χ4v) is 2.44. The van der Waals surface area contributed by atoms with Crippen molar-refractivity contribution in [2.45, 2.75) is 32.3 Å². The predicted molar refractivity (Wildman–Crippen MR) is 81.9 cm³/mol. The number of amides is 1. The number of ether oxygens (including phenoxy) is 1. The Balaban J connectivity index is 1.69. The van der Waals surface area contributed by atoms with Crippen LogP contribution in [0.3, 0.4) is 0 Å². The maximum atomic E-state index is 13.2. The lowest BCUT2D eigenvalue weighted by Crippen LogP contribution is -2.35. The number of nitrogens with one attached hydrogen (secondary N) is 1. The van der Waals surface area contributed by atoms with Gasteiger partial charge in [-0.3, -0.25) is 4.79 Å². The number of carbonyl (C=O) groups is 1. The molecule has 0 aliphatic heterocycles. The van der Waals surface area contributed by atoms with Crippen LogP contribution in [0.25, 0.3) is 0 Å². The van der Waals surface area contributed by atoms with Crippen LogP contribution in [0.5, 0.6) is 0 Å². The monoisotopic (exact) mass is 309 g/mol. The Labute approximate surface area is 130 Å². The Hall–Kier alpha value is -1.46. The SMILES string of the molecule is CC(C)COCC(O)CNC(=O)C1CC1c1cccc(F)c1. The van der Waals surface area contributed by atoms with E-state index in [1.807, 2.05) is 19.9 Å². The summed E-state index contributed by atoms with van der Waals surface area (Å²) in [5.41, 5.74) is 0.862. The largest absolute Gasteiger partial charge is 0.389 e. The van der Waals surface area contributed by atoms with Gasteiger partial charge in [0.1, 0.15) is 5.82 Å². The predicted octanol–water partition coefficient (Wildman–Crippen LogP) is 2.08. The lowest BCUT2D eigenvalue weighted by atomic mass is 10.1. The average molecular weight is 309 g/mol. The molecule has 5 heteroatoms. The Morgan fingerprint density at radius 2 is 2.23 bits per heavy atom. The zero-order valence-electron chi connectivity index (χ0n) is 13.1. The van der Waals surface area contributed by atoms with Crippen LogP contribution in [0.4, 0.5) is 4.39 Å². The van der Waals surface area contributed by atoms with E-state index < -0.39 is 6.10 Å². The number of aliphatic hydroxyl groups excluding tert-OH is 1. The Bertz CT molecular complexity index is 506. The van der Waals surface area contributed by atoms with Crippen molar-refractivity contribution in [1.29, 1.82) is 0 Å². The van der Waals surface area contributed by atoms with Gasteiger partial charge in [0.15, 0.2) is 0 Å². The standard InChI is InChI=1S/C17H24FNO3/c1-11(2)9-22-10-14(20)8-19-17(21)16-7-15(16)12-4-3-5-13(18)6-12/h3-6,11,14-16,20H,7-10H2,1-2H3,(H,19,21). The van der Waals surface area contributed by atoms with Gasteiger partial charge in [0, 0.05) is 19.1 Å². The van der Waals surface area contributed by atoms with Crippen LogP contribution in [-0.2, 0) is 9.53 Å². The molecule has 122 valence electrons. The Kier molecular flexibility index (Phi) is 5.91. The summed E-state index contributed by atoms with van der Waals surface area (Å²) >= 11 is 0. The van der Waals surface area contributed by atoms with Gasteiger partial charge >= 0.3 is 0 Å². The zero-order chi connectivity index (χ0) is 16.1. The molecule has 2 N–H and O–H groups in total. The van der Waals surface area contributed by atoms with Gasteiger partial charge in [-0.15, -0.1) is 0 Å². The van der Waals surface area contributed by atoms with Crippen LogP contribution < -0.4 is 5.32 Å². The van der Waals surface area contributed by atoms with Crippen LogP contribution in [0, 0.1) is 17.7 Å². The molecule has 0 aromatic heterocycles. The molecule has 1 amide bonds. The first kappa shape index (κ1) is 16.9. The highest BCUT2D eigenvalue weighted by atomic mass is 19.1. The maximum absolute atomic E-state index is 13.2. The summed E-state index contributed by atoms with van der Waals surface area (Å²) in [5.74, 6) is 0.0225. The van der Waals surface area contributed by atoms with Crippen molar-refractivity contribution >= 4 is 5.91 Å². The van der Waals surface area contributed by atoms with Crippen LogP contribution in [0.1, 0.15) is 31.7 Å². The molecule has 0 radical (unpaired) electrons. The lowest BCUT2D eigenvalue weighted by Gasteiger charge is -2.13. The molecule has 1 saturated carbocycles. The van der Waals surface area contributed by atoms with Crippen molar-refractivity contribution in [3.63, 3.8) is 0 Å². The molecule has 3 atom stereocenters. The highest BCUT2D eigenvalue weighted by Gasteiger charge is 2.43. The molecule has 1 aliphatic rings. The third-order valence-corrected chi connectivity index (χ3v) is 3.68. The minimum atomic E-state index is -0.700. The fourth-order valence-electron chi connectivity index (χ4n) is 2.44. The molecule has 1 fully saturated rings. The van der Waals surface area contributed by atoms with Crippen molar-refractivity contribution in [3.8, 4) is 0 Å². The van der Waals surface area contributed by atoms with Gasteiger partial charge in [-0.05, 0) is 36.0 Å². The summed E-state index contributed by atoms with van der Waals surface area (Å²) < 4.78 is 18.5. The smallest absolute Gasteiger partial charge is 0.223 e. The maximum Gasteiger partial charge on any atom is 0.223 e. The first-order valence-electron chi connectivity index (χ1n) is 7.76. The van der Waals surface area contributed by atoms with Gasteiger partial charge < -0.3 is 15.2 Å². The molecule has 1 aromatic rings. The van der Waals surface area contributed by atoms with Gasteiger partial charge in [0.25, 0.3) is 0 Å². The van der Waals surface area contributed by atoms with E-state index in [9.17, 15) is 14.3 Å². The van der Waals surface area contributed by atoms with E-state index in [-0.39, 0.29) is 36.7 Å². The summed E-state index contributed by atoms with van der Waals surface area (Å²) in [6.45, 7) is 5.07. The van der Waals surface area contributed by atoms with Crippen molar-refractivity contribution in [2.24, 2.45) is 11.8 Å². The molecule has 0 saturated heterocycles. The summed E-state index contributed by atoms with van der Waals surface area (Å²) in [5, 5.41) is 12.5. The molecule has 3 unspecified atom stereocenters. The first-order valence-corrected chi connectivity index (χ1v) is 7.76. The third kappa shape index (κ3) is 5.07. The minimum Gasteiger partial charge on any atom is -0.389 e. The molecule has 4 nitrogen and oxygen atoms in total. The second-order valence-electron chi connectivity index (χ2n) is 6.33. The van der Waals surface area contributed by atoms with Crippen molar-refractivity contribution in [1.82, 2.24) is 5.32 Å². The van der Waals surface area contributed by atoms with E-state index in [2.05, 4.69) is 5.32 Å². The van der Waals surface area contributed by atoms with Gasteiger partial charge in [0.05, 0.1) is 12.7 Å². The Morgan fingerprint density at radius 1 is 1.45 bits per heavy atom. The van der Waals surface area contributed by atoms with E-state index in [1.54, 1.807) is 6.07 Å². The number of hydrogen-bond donors (Lipinski definition) is 2. The highest BCUT2D eigenvalue weighted by molar-refractivity contribution is 5.82. The van der Waals surface area contributed by atoms with E-state index in [4.69, 9.17) is 4.74 Å². The first-order chi connectivity index (χ1) is 10.5. The van der Waals surface area contributed by atoms with Gasteiger partial charge in [-0.1, -0.05) is 26.0 Å². The molecule has 0 bridgehead atoms. The normalized spacial score (nSPS) is 21.7. The summed E-state index contributed by atoms with van der Waals surface area (Å²) in [7, 11) is 0. The van der Waals surface area contributed by atoms with Crippen LogP contribution in [-0.4, -0.2) is 36.9 Å². The summed E-state index contributed by atoms with van der Waals surface area (Å²) in [4.78, 5) is 12.0. The number of benzene rings is 1. The second-order valence-corrected chi connectivity index (χ2v) is 6.33. The van der Waals surface area contributed by atoms with Crippen LogP contribution >= 0.6 is 0 Å². The highest BCUT2D eigenvalue weighted by Crippen LogP contribution is 2.47. The fraction of sp³-hybridized carbons (Fsp3) is 0.588. The summed E-state index contributed by atoms with van der Waals surface area (Å²) in [6.07, 6.45) is 0.0314. The van der Waals surface area contributed by atoms with Crippen molar-refractivity contribution < 1.29 is 19.0 Å². The molecule has 1 aromatic carbocycles. The lowest BCUT2D eigenvalue weighted by molar-refractivity contribution is -0.123. The van der Waals surface area contributed by atoms with Gasteiger partial charge in [-0.25, -0.2) is 4.39 Å². The molecule has 0 spiro atoms. The van der Waals surface area contributed by atoms with Crippen LogP contribution in [0.2, 0.25) is 0 Å². The molecular formula is C17H24FNO3. The Morgan fingerprint density at radius 3 is 2.91 bits per heavy atom. The number of rotatable bonds is 8. The molecule has 0 heterocycles. The number of halogens is 1. The molecule has 22 heavy (non-hydrogen) atoms. The quantitative estimate of drug-likeness (QED) is 0.773. The number of carbonyl (C=O) groups excluding carboxylic acids is 1. The number of aliphatic hydroxyl groups is 1. The van der Waals surface area contributed by atoms with E-state index in [0.29, 0.717) is 12.5 Å². The van der Waals surface area contributed by atoms with Gasteiger partial charge in [-0.2, -0.15) is 0 Å². The summed E-state index contributed by atoms with van der Waals surface area (Å²) in [6, 6.07) is 6.38. The topological polar surface area (TPSA) is 58.6 Å². The minimum absolute atomic E-state index is 0.0860. The zero-order valence-corrected chi connectivity index (χ0v) is 13.1.